The molecule has 0 heterocycles. The van der Waals surface area contributed by atoms with Gasteiger partial charge in [0.1, 0.15) is 6.04 Å². The quantitative estimate of drug-likeness (QED) is 0.553. The number of aliphatic hydroxyl groups excluding tert-OH is 1. The Bertz CT molecular complexity index is 127. The van der Waals surface area contributed by atoms with E-state index in [1.807, 2.05) is 6.92 Å². The van der Waals surface area contributed by atoms with Crippen molar-refractivity contribution in [3.8, 4) is 0 Å². The first-order valence-corrected chi connectivity index (χ1v) is 3.68. The molecule has 0 aromatic rings. The Hall–Kier alpha value is -0.610. The number of hydrogen-bond acceptors (Lipinski definition) is 4. The van der Waals surface area contributed by atoms with Gasteiger partial charge in [0, 0.05) is 0 Å². The van der Waals surface area contributed by atoms with Crippen molar-refractivity contribution in [2.75, 3.05) is 6.61 Å². The highest BCUT2D eigenvalue weighted by Crippen LogP contribution is 1.97. The topological polar surface area (TPSA) is 72.5 Å². The molecule has 0 fully saturated rings. The van der Waals surface area contributed by atoms with Gasteiger partial charge < -0.3 is 15.6 Å². The van der Waals surface area contributed by atoms with Crippen molar-refractivity contribution in [1.29, 1.82) is 0 Å². The van der Waals surface area contributed by atoms with E-state index in [0.29, 0.717) is 0 Å². The molecular formula is C7H15NO3. The van der Waals surface area contributed by atoms with Crippen LogP contribution in [0.25, 0.3) is 0 Å². The molecule has 0 aliphatic heterocycles. The van der Waals surface area contributed by atoms with Crippen LogP contribution in [0.1, 0.15) is 20.3 Å². The maximum atomic E-state index is 10.8. The normalized spacial score (nSPS) is 15.6. The third-order valence-electron chi connectivity index (χ3n) is 1.39. The molecule has 3 N–H and O–H groups in total. The van der Waals surface area contributed by atoms with Crippen LogP contribution >= 0.6 is 0 Å². The molecule has 11 heavy (non-hydrogen) atoms. The molecule has 0 radical (unpaired) electrons. The Kier molecular flexibility index (Phi) is 4.81. The average molecular weight is 161 g/mol. The third kappa shape index (κ3) is 3.95. The molecular weight excluding hydrogens is 146 g/mol. The van der Waals surface area contributed by atoms with Crippen LogP contribution in [-0.2, 0) is 9.53 Å². The first kappa shape index (κ1) is 10.4. The molecule has 0 unspecified atom stereocenters. The predicted molar refractivity (Wildman–Crippen MR) is 40.9 cm³/mol. The van der Waals surface area contributed by atoms with E-state index in [1.165, 1.54) is 0 Å². The van der Waals surface area contributed by atoms with Crippen LogP contribution in [0, 0.1) is 0 Å². The Morgan fingerprint density at radius 2 is 2.27 bits per heavy atom. The van der Waals surface area contributed by atoms with Crippen molar-refractivity contribution in [2.45, 2.75) is 32.4 Å². The number of hydrogen-bond donors (Lipinski definition) is 2. The summed E-state index contributed by atoms with van der Waals surface area (Å²) in [5, 5.41) is 8.46. The van der Waals surface area contributed by atoms with E-state index in [4.69, 9.17) is 15.6 Å². The van der Waals surface area contributed by atoms with Gasteiger partial charge in [-0.1, -0.05) is 6.92 Å². The molecule has 0 saturated heterocycles. The van der Waals surface area contributed by atoms with Crippen molar-refractivity contribution in [3.63, 3.8) is 0 Å². The molecule has 0 aliphatic rings. The second-order valence-electron chi connectivity index (χ2n) is 2.44. The second kappa shape index (κ2) is 5.09. The molecule has 0 amide bonds. The van der Waals surface area contributed by atoms with E-state index in [1.54, 1.807) is 6.92 Å². The van der Waals surface area contributed by atoms with Crippen LogP contribution in [0.15, 0.2) is 0 Å². The molecule has 4 nitrogen and oxygen atoms in total. The van der Waals surface area contributed by atoms with Crippen LogP contribution in [0.5, 0.6) is 0 Å². The minimum atomic E-state index is -0.899. The lowest BCUT2D eigenvalue weighted by atomic mass is 10.3. The summed E-state index contributed by atoms with van der Waals surface area (Å²) in [6, 6.07) is -0.899. The highest BCUT2D eigenvalue weighted by molar-refractivity contribution is 5.75. The minimum Gasteiger partial charge on any atom is -0.461 e. The fourth-order valence-corrected chi connectivity index (χ4v) is 0.444. The van der Waals surface area contributed by atoms with Gasteiger partial charge in [-0.15, -0.1) is 0 Å². The molecule has 0 aromatic carbocycles. The summed E-state index contributed by atoms with van der Waals surface area (Å²) in [5.74, 6) is -0.540. The monoisotopic (exact) mass is 161 g/mol. The van der Waals surface area contributed by atoms with E-state index < -0.39 is 12.0 Å². The Morgan fingerprint density at radius 1 is 1.73 bits per heavy atom. The standard InChI is InChI=1S/C7H15NO3/c1-3-5(2)11-7(10)6(8)4-9/h5-6,9H,3-4,8H2,1-2H3/t5-,6+/m1/s1. The van der Waals surface area contributed by atoms with E-state index >= 15 is 0 Å². The Morgan fingerprint density at radius 3 is 2.64 bits per heavy atom. The van der Waals surface area contributed by atoms with Gasteiger partial charge in [-0.25, -0.2) is 0 Å². The number of ether oxygens (including phenoxy) is 1. The molecule has 4 heteroatoms. The van der Waals surface area contributed by atoms with Crippen molar-refractivity contribution in [3.05, 3.63) is 0 Å². The van der Waals surface area contributed by atoms with Crippen molar-refractivity contribution in [1.82, 2.24) is 0 Å². The Balaban J connectivity index is 3.68. The lowest BCUT2D eigenvalue weighted by Crippen LogP contribution is -2.37. The number of carbonyl (C=O) groups is 1. The summed E-state index contributed by atoms with van der Waals surface area (Å²) < 4.78 is 4.83. The Labute approximate surface area is 66.3 Å². The van der Waals surface area contributed by atoms with Crippen molar-refractivity contribution in [2.24, 2.45) is 5.73 Å². The molecule has 0 aromatic heterocycles. The number of rotatable bonds is 4. The highest BCUT2D eigenvalue weighted by Gasteiger charge is 2.15. The van der Waals surface area contributed by atoms with Crippen LogP contribution in [-0.4, -0.2) is 29.8 Å². The van der Waals surface area contributed by atoms with Gasteiger partial charge in [-0.2, -0.15) is 0 Å². The van der Waals surface area contributed by atoms with Gasteiger partial charge in [0.2, 0.25) is 0 Å². The van der Waals surface area contributed by atoms with E-state index in [9.17, 15) is 4.79 Å². The second-order valence-corrected chi connectivity index (χ2v) is 2.44. The maximum Gasteiger partial charge on any atom is 0.325 e. The van der Waals surface area contributed by atoms with Crippen LogP contribution in [0.4, 0.5) is 0 Å². The molecule has 0 saturated carbocycles. The average Bonchev–Trinajstić information content (AvgIpc) is 2.02. The molecule has 0 aliphatic carbocycles. The van der Waals surface area contributed by atoms with Crippen molar-refractivity contribution < 1.29 is 14.6 Å². The maximum absolute atomic E-state index is 10.8. The minimum absolute atomic E-state index is 0.125. The lowest BCUT2D eigenvalue weighted by Gasteiger charge is -2.13. The van der Waals surface area contributed by atoms with Gasteiger partial charge in [0.25, 0.3) is 0 Å². The van der Waals surface area contributed by atoms with Gasteiger partial charge in [0.05, 0.1) is 12.7 Å². The van der Waals surface area contributed by atoms with Gasteiger partial charge in [0.15, 0.2) is 0 Å². The number of aliphatic hydroxyl groups is 1. The van der Waals surface area contributed by atoms with Crippen LogP contribution < -0.4 is 5.73 Å². The SMILES string of the molecule is CC[C@@H](C)OC(=O)[C@@H](N)CO. The largest absolute Gasteiger partial charge is 0.461 e. The van der Waals surface area contributed by atoms with E-state index in [2.05, 4.69) is 0 Å². The summed E-state index contributed by atoms with van der Waals surface area (Å²) in [6.45, 7) is 3.32. The lowest BCUT2D eigenvalue weighted by molar-refractivity contribution is -0.150. The number of nitrogens with two attached hydrogens (primary N) is 1. The highest BCUT2D eigenvalue weighted by atomic mass is 16.5. The summed E-state index contributed by atoms with van der Waals surface area (Å²) >= 11 is 0. The number of carbonyl (C=O) groups excluding carboxylic acids is 1. The zero-order chi connectivity index (χ0) is 8.85. The van der Waals surface area contributed by atoms with Gasteiger partial charge in [-0.3, -0.25) is 4.79 Å². The molecule has 0 bridgehead atoms. The van der Waals surface area contributed by atoms with E-state index in [-0.39, 0.29) is 12.7 Å². The zero-order valence-electron chi connectivity index (χ0n) is 6.91. The first-order valence-electron chi connectivity index (χ1n) is 3.68. The summed E-state index contributed by atoms with van der Waals surface area (Å²) in [4.78, 5) is 10.8. The fraction of sp³-hybridized carbons (Fsp3) is 0.857. The first-order chi connectivity index (χ1) is 5.11. The van der Waals surface area contributed by atoms with Crippen molar-refractivity contribution >= 4 is 5.97 Å². The third-order valence-corrected chi connectivity index (χ3v) is 1.39. The molecule has 2 atom stereocenters. The summed E-state index contributed by atoms with van der Waals surface area (Å²) in [7, 11) is 0. The zero-order valence-corrected chi connectivity index (χ0v) is 6.91. The summed E-state index contributed by atoms with van der Waals surface area (Å²) in [6.07, 6.45) is 0.629. The predicted octanol–water partition coefficient (Wildman–Crippen LogP) is -0.352. The van der Waals surface area contributed by atoms with Gasteiger partial charge >= 0.3 is 5.97 Å². The van der Waals surface area contributed by atoms with E-state index in [0.717, 1.165) is 6.42 Å². The smallest absolute Gasteiger partial charge is 0.325 e. The number of esters is 1. The summed E-state index contributed by atoms with van der Waals surface area (Å²) in [5.41, 5.74) is 5.19. The molecule has 0 spiro atoms. The van der Waals surface area contributed by atoms with Gasteiger partial charge in [-0.05, 0) is 13.3 Å². The van der Waals surface area contributed by atoms with Crippen LogP contribution in [0.3, 0.4) is 0 Å². The van der Waals surface area contributed by atoms with Crippen LogP contribution in [0.2, 0.25) is 0 Å². The molecule has 0 rings (SSSR count). The molecule has 66 valence electrons. The fourth-order valence-electron chi connectivity index (χ4n) is 0.444.